The zero-order valence-corrected chi connectivity index (χ0v) is 18.5. The van der Waals surface area contributed by atoms with E-state index in [1.165, 1.54) is 19.4 Å². The molecule has 5 heterocycles. The zero-order valence-electron chi connectivity index (χ0n) is 18.5. The molecule has 5 rings (SSSR count). The van der Waals surface area contributed by atoms with Crippen molar-refractivity contribution in [2.75, 3.05) is 44.9 Å². The lowest BCUT2D eigenvalue weighted by Gasteiger charge is -2.32. The SMILES string of the molecule is COc1ncc(N2CCOc3cnc(O[C@H]4CCN(C5C[CH]CCO5)C4)cc32)cc1C(F)F. The lowest BCUT2D eigenvalue weighted by molar-refractivity contribution is -0.0661. The van der Waals surface area contributed by atoms with Gasteiger partial charge >= 0.3 is 0 Å². The van der Waals surface area contributed by atoms with Gasteiger partial charge in [0.25, 0.3) is 6.43 Å². The van der Waals surface area contributed by atoms with Crippen molar-refractivity contribution in [3.8, 4) is 17.5 Å². The molecule has 3 aliphatic rings. The molecule has 2 aromatic rings. The van der Waals surface area contributed by atoms with Crippen LogP contribution < -0.4 is 19.1 Å². The highest BCUT2D eigenvalue weighted by Crippen LogP contribution is 2.40. The van der Waals surface area contributed by atoms with Gasteiger partial charge in [0, 0.05) is 25.8 Å². The molecule has 0 aromatic carbocycles. The Balaban J connectivity index is 1.33. The standard InChI is InChI=1S/C23H27F2N4O4/c1-30-23-17(22(24)25)10-15(12-27-23)29-7-9-31-19-13-26-20(11-18(19)29)33-16-5-6-28(14-16)21-4-2-3-8-32-21/h2,10-13,16,21-22H,3-9,14H2,1H3/t16-,21?/m0/s1. The van der Waals surface area contributed by atoms with Gasteiger partial charge in [-0.05, 0) is 31.7 Å². The van der Waals surface area contributed by atoms with E-state index >= 15 is 0 Å². The molecule has 0 saturated carbocycles. The molecule has 8 nitrogen and oxygen atoms in total. The Hall–Kier alpha value is -2.72. The van der Waals surface area contributed by atoms with Gasteiger partial charge in [-0.25, -0.2) is 18.7 Å². The van der Waals surface area contributed by atoms with Crippen LogP contribution >= 0.6 is 0 Å². The number of hydrogen-bond donors (Lipinski definition) is 0. The molecule has 0 bridgehead atoms. The molecule has 0 N–H and O–H groups in total. The van der Waals surface area contributed by atoms with Crippen molar-refractivity contribution in [2.45, 2.75) is 38.0 Å². The molecule has 2 fully saturated rings. The summed E-state index contributed by atoms with van der Waals surface area (Å²) in [5.74, 6) is 0.969. The van der Waals surface area contributed by atoms with Crippen LogP contribution in [0.15, 0.2) is 24.5 Å². The predicted octanol–water partition coefficient (Wildman–Crippen LogP) is 3.75. The van der Waals surface area contributed by atoms with E-state index in [9.17, 15) is 8.78 Å². The molecule has 0 amide bonds. The van der Waals surface area contributed by atoms with E-state index in [4.69, 9.17) is 18.9 Å². The molecule has 0 aliphatic carbocycles. The number of hydrogen-bond acceptors (Lipinski definition) is 8. The summed E-state index contributed by atoms with van der Waals surface area (Å²) in [5, 5.41) is 0. The summed E-state index contributed by atoms with van der Waals surface area (Å²) in [6.45, 7) is 3.35. The minimum Gasteiger partial charge on any atom is -0.488 e. The van der Waals surface area contributed by atoms with E-state index in [1.807, 2.05) is 4.90 Å². The molecule has 1 unspecified atom stereocenters. The van der Waals surface area contributed by atoms with Crippen molar-refractivity contribution >= 4 is 11.4 Å². The first kappa shape index (κ1) is 22.1. The number of fused-ring (bicyclic) bond motifs is 1. The first-order chi connectivity index (χ1) is 16.1. The lowest BCUT2D eigenvalue weighted by Crippen LogP contribution is -2.39. The highest BCUT2D eigenvalue weighted by Gasteiger charge is 2.32. The third kappa shape index (κ3) is 4.67. The lowest BCUT2D eigenvalue weighted by atomic mass is 10.2. The maximum Gasteiger partial charge on any atom is 0.269 e. The van der Waals surface area contributed by atoms with Gasteiger partial charge in [-0.2, -0.15) is 0 Å². The van der Waals surface area contributed by atoms with Crippen molar-refractivity contribution in [2.24, 2.45) is 0 Å². The van der Waals surface area contributed by atoms with Gasteiger partial charge < -0.3 is 23.8 Å². The number of methoxy groups -OCH3 is 1. The smallest absolute Gasteiger partial charge is 0.269 e. The summed E-state index contributed by atoms with van der Waals surface area (Å²) >= 11 is 0. The van der Waals surface area contributed by atoms with Crippen LogP contribution in [0.25, 0.3) is 0 Å². The topological polar surface area (TPSA) is 69.2 Å². The molecule has 10 heteroatoms. The Morgan fingerprint density at radius 1 is 1.15 bits per heavy atom. The number of pyridine rings is 2. The largest absolute Gasteiger partial charge is 0.488 e. The number of nitrogens with zero attached hydrogens (tertiary/aromatic N) is 4. The van der Waals surface area contributed by atoms with Crippen LogP contribution in [0.3, 0.4) is 0 Å². The van der Waals surface area contributed by atoms with Crippen LogP contribution in [0.5, 0.6) is 17.5 Å². The maximum absolute atomic E-state index is 13.5. The van der Waals surface area contributed by atoms with E-state index in [0.29, 0.717) is 36.2 Å². The average Bonchev–Trinajstić information content (AvgIpc) is 3.32. The van der Waals surface area contributed by atoms with Crippen molar-refractivity contribution in [1.82, 2.24) is 14.9 Å². The number of ether oxygens (including phenoxy) is 4. The number of rotatable bonds is 6. The van der Waals surface area contributed by atoms with Gasteiger partial charge in [-0.15, -0.1) is 0 Å². The Morgan fingerprint density at radius 3 is 2.85 bits per heavy atom. The third-order valence-electron chi connectivity index (χ3n) is 6.16. The Morgan fingerprint density at radius 2 is 2.06 bits per heavy atom. The fourth-order valence-corrected chi connectivity index (χ4v) is 4.52. The monoisotopic (exact) mass is 461 g/mol. The highest BCUT2D eigenvalue weighted by atomic mass is 19.3. The molecular weight excluding hydrogens is 434 g/mol. The minimum atomic E-state index is -2.69. The van der Waals surface area contributed by atoms with Gasteiger partial charge in [0.2, 0.25) is 11.8 Å². The van der Waals surface area contributed by atoms with Crippen LogP contribution in [0.1, 0.15) is 31.3 Å². The second kappa shape index (κ2) is 9.64. The van der Waals surface area contributed by atoms with Gasteiger partial charge in [-0.3, -0.25) is 4.90 Å². The maximum atomic E-state index is 13.5. The van der Waals surface area contributed by atoms with Crippen molar-refractivity contribution in [1.29, 1.82) is 0 Å². The number of likely N-dealkylation sites (tertiary alicyclic amines) is 1. The van der Waals surface area contributed by atoms with Crippen LogP contribution in [0.2, 0.25) is 0 Å². The Bertz CT molecular complexity index is 973. The molecule has 2 saturated heterocycles. The van der Waals surface area contributed by atoms with E-state index < -0.39 is 6.43 Å². The summed E-state index contributed by atoms with van der Waals surface area (Å²) in [6, 6.07) is 3.21. The molecule has 2 aromatic heterocycles. The van der Waals surface area contributed by atoms with E-state index in [1.54, 1.807) is 12.3 Å². The summed E-state index contributed by atoms with van der Waals surface area (Å²) in [7, 11) is 1.33. The quantitative estimate of drug-likeness (QED) is 0.645. The predicted molar refractivity (Wildman–Crippen MR) is 116 cm³/mol. The third-order valence-corrected chi connectivity index (χ3v) is 6.16. The molecule has 3 aliphatic heterocycles. The molecule has 177 valence electrons. The molecule has 0 spiro atoms. The molecule has 33 heavy (non-hydrogen) atoms. The van der Waals surface area contributed by atoms with E-state index in [-0.39, 0.29) is 23.8 Å². The van der Waals surface area contributed by atoms with E-state index in [2.05, 4.69) is 21.3 Å². The summed E-state index contributed by atoms with van der Waals surface area (Å²) < 4.78 is 49.8. The molecule has 1 radical (unpaired) electrons. The van der Waals surface area contributed by atoms with Crippen LogP contribution in [-0.4, -0.2) is 67.2 Å². The van der Waals surface area contributed by atoms with Gasteiger partial charge in [-0.1, -0.05) is 0 Å². The van der Waals surface area contributed by atoms with Crippen molar-refractivity contribution in [3.63, 3.8) is 0 Å². The van der Waals surface area contributed by atoms with Gasteiger partial charge in [0.05, 0.1) is 43.0 Å². The van der Waals surface area contributed by atoms with Crippen LogP contribution in [0, 0.1) is 6.42 Å². The van der Waals surface area contributed by atoms with Crippen molar-refractivity contribution in [3.05, 3.63) is 36.5 Å². The van der Waals surface area contributed by atoms with E-state index in [0.717, 1.165) is 39.0 Å². The van der Waals surface area contributed by atoms with Gasteiger partial charge in [0.15, 0.2) is 5.75 Å². The number of alkyl halides is 2. The number of aromatic nitrogens is 2. The minimum absolute atomic E-state index is 0.00660. The highest BCUT2D eigenvalue weighted by molar-refractivity contribution is 5.71. The first-order valence-corrected chi connectivity index (χ1v) is 11.2. The summed E-state index contributed by atoms with van der Waals surface area (Å²) in [4.78, 5) is 12.7. The zero-order chi connectivity index (χ0) is 22.8. The summed E-state index contributed by atoms with van der Waals surface area (Å²) in [5.41, 5.74) is 0.992. The first-order valence-electron chi connectivity index (χ1n) is 11.2. The Kier molecular flexibility index (Phi) is 6.45. The number of anilines is 2. The van der Waals surface area contributed by atoms with Crippen LogP contribution in [0.4, 0.5) is 20.2 Å². The second-order valence-corrected chi connectivity index (χ2v) is 8.25. The normalized spacial score (nSPS) is 23.3. The average molecular weight is 461 g/mol. The summed E-state index contributed by atoms with van der Waals surface area (Å²) in [6.07, 6.45) is 5.68. The molecule has 2 atom stereocenters. The van der Waals surface area contributed by atoms with Gasteiger partial charge in [0.1, 0.15) is 18.9 Å². The molecular formula is C23H27F2N4O4. The number of halogens is 2. The van der Waals surface area contributed by atoms with Crippen molar-refractivity contribution < 1.29 is 27.7 Å². The second-order valence-electron chi connectivity index (χ2n) is 8.25. The fraction of sp³-hybridized carbons (Fsp3) is 0.522. The Labute approximate surface area is 191 Å². The fourth-order valence-electron chi connectivity index (χ4n) is 4.52. The van der Waals surface area contributed by atoms with Crippen LogP contribution in [-0.2, 0) is 4.74 Å².